The lowest BCUT2D eigenvalue weighted by Crippen LogP contribution is -2.64. The molecule has 0 spiro atoms. The highest BCUT2D eigenvalue weighted by atomic mass is 16.5. The van der Waals surface area contributed by atoms with Crippen LogP contribution in [0.3, 0.4) is 0 Å². The number of hydrogen-bond donors (Lipinski definition) is 0. The van der Waals surface area contributed by atoms with Crippen molar-refractivity contribution < 1.29 is 9.53 Å². The van der Waals surface area contributed by atoms with Crippen molar-refractivity contribution in [3.63, 3.8) is 0 Å². The molecule has 1 aromatic heterocycles. The molecule has 3 aliphatic rings. The second kappa shape index (κ2) is 7.02. The first-order valence-corrected chi connectivity index (χ1v) is 10.5. The lowest BCUT2D eigenvalue weighted by molar-refractivity contribution is -0.0363. The zero-order valence-corrected chi connectivity index (χ0v) is 17.0. The number of benzene rings is 1. The van der Waals surface area contributed by atoms with Gasteiger partial charge in [-0.2, -0.15) is 0 Å². The first-order chi connectivity index (χ1) is 14.0. The SMILES string of the molecule is Cc1cn2c(c(OCc3ccccc3)c1=O)C(=O)N1[C@@H](C)CCN(C3CC3)[C@@H]1C2. The maximum atomic E-state index is 13.6. The summed E-state index contributed by atoms with van der Waals surface area (Å²) >= 11 is 0. The van der Waals surface area contributed by atoms with E-state index in [1.807, 2.05) is 46.0 Å². The van der Waals surface area contributed by atoms with E-state index in [2.05, 4.69) is 11.8 Å². The number of amides is 1. The molecule has 6 heteroatoms. The molecule has 1 aromatic carbocycles. The normalized spacial score (nSPS) is 24.2. The molecule has 1 aliphatic carbocycles. The van der Waals surface area contributed by atoms with Crippen LogP contribution in [0.2, 0.25) is 0 Å². The molecule has 0 radical (unpaired) electrons. The highest BCUT2D eigenvalue weighted by Gasteiger charge is 2.47. The molecule has 0 N–H and O–H groups in total. The predicted octanol–water partition coefficient (Wildman–Crippen LogP) is 2.77. The first kappa shape index (κ1) is 18.4. The summed E-state index contributed by atoms with van der Waals surface area (Å²) in [7, 11) is 0. The van der Waals surface area contributed by atoms with Crippen molar-refractivity contribution in [3.05, 3.63) is 63.6 Å². The molecular weight excluding hydrogens is 366 g/mol. The molecule has 1 saturated heterocycles. The molecule has 2 atom stereocenters. The van der Waals surface area contributed by atoms with Crippen molar-refractivity contribution in [2.75, 3.05) is 6.54 Å². The standard InChI is InChI=1S/C23H27N3O3/c1-15-12-24-13-19-25(18-8-9-18)11-10-16(2)26(19)23(28)20(24)22(21(15)27)29-14-17-6-4-3-5-7-17/h3-7,12,16,18-19H,8-11,13-14H2,1-2H3/t16-,19-/m0/s1. The molecule has 0 unspecified atom stereocenters. The average Bonchev–Trinajstić information content (AvgIpc) is 3.55. The molecule has 29 heavy (non-hydrogen) atoms. The Labute approximate surface area is 170 Å². The quantitative estimate of drug-likeness (QED) is 0.802. The van der Waals surface area contributed by atoms with Gasteiger partial charge in [0.25, 0.3) is 5.91 Å². The van der Waals surface area contributed by atoms with Gasteiger partial charge in [-0.3, -0.25) is 14.5 Å². The molecule has 2 aromatic rings. The van der Waals surface area contributed by atoms with Gasteiger partial charge < -0.3 is 14.2 Å². The maximum Gasteiger partial charge on any atom is 0.276 e. The van der Waals surface area contributed by atoms with Gasteiger partial charge in [0.05, 0.1) is 6.54 Å². The number of nitrogens with zero attached hydrogens (tertiary/aromatic N) is 3. The molecule has 1 saturated carbocycles. The number of rotatable bonds is 4. The fourth-order valence-corrected chi connectivity index (χ4v) is 4.74. The highest BCUT2D eigenvalue weighted by molar-refractivity contribution is 5.96. The van der Waals surface area contributed by atoms with Gasteiger partial charge in [-0.25, -0.2) is 0 Å². The zero-order chi connectivity index (χ0) is 20.1. The van der Waals surface area contributed by atoms with Crippen molar-refractivity contribution >= 4 is 5.91 Å². The van der Waals surface area contributed by atoms with Crippen LogP contribution in [-0.2, 0) is 13.2 Å². The van der Waals surface area contributed by atoms with Gasteiger partial charge in [0.1, 0.15) is 12.8 Å². The third kappa shape index (κ3) is 3.15. The summed E-state index contributed by atoms with van der Waals surface area (Å²) in [4.78, 5) is 31.0. The van der Waals surface area contributed by atoms with Crippen LogP contribution in [0.5, 0.6) is 5.75 Å². The van der Waals surface area contributed by atoms with E-state index in [1.54, 1.807) is 6.92 Å². The van der Waals surface area contributed by atoms with E-state index < -0.39 is 0 Å². The summed E-state index contributed by atoms with van der Waals surface area (Å²) in [5.41, 5.74) is 1.79. The molecule has 6 nitrogen and oxygen atoms in total. The third-order valence-electron chi connectivity index (χ3n) is 6.44. The van der Waals surface area contributed by atoms with Crippen LogP contribution in [-0.4, -0.2) is 45.1 Å². The minimum Gasteiger partial charge on any atom is -0.483 e. The van der Waals surface area contributed by atoms with E-state index in [-0.39, 0.29) is 35.9 Å². The summed E-state index contributed by atoms with van der Waals surface area (Å²) in [6, 6.07) is 10.5. The van der Waals surface area contributed by atoms with E-state index in [1.165, 1.54) is 12.8 Å². The molecular formula is C23H27N3O3. The van der Waals surface area contributed by atoms with Gasteiger partial charge >= 0.3 is 0 Å². The fourth-order valence-electron chi connectivity index (χ4n) is 4.74. The van der Waals surface area contributed by atoms with Crippen LogP contribution >= 0.6 is 0 Å². The zero-order valence-electron chi connectivity index (χ0n) is 17.0. The van der Waals surface area contributed by atoms with Gasteiger partial charge in [-0.1, -0.05) is 30.3 Å². The second-order valence-corrected chi connectivity index (χ2v) is 8.55. The molecule has 2 aliphatic heterocycles. The molecule has 1 amide bonds. The Morgan fingerprint density at radius 2 is 1.86 bits per heavy atom. The van der Waals surface area contributed by atoms with Crippen LogP contribution in [0.1, 0.15) is 47.8 Å². The van der Waals surface area contributed by atoms with E-state index in [0.29, 0.717) is 23.8 Å². The van der Waals surface area contributed by atoms with Crippen LogP contribution < -0.4 is 10.2 Å². The fraction of sp³-hybridized carbons (Fsp3) is 0.478. The Bertz CT molecular complexity index is 996. The van der Waals surface area contributed by atoms with Crippen LogP contribution in [0.15, 0.2) is 41.3 Å². The van der Waals surface area contributed by atoms with E-state index in [4.69, 9.17) is 4.74 Å². The smallest absolute Gasteiger partial charge is 0.276 e. The Hall–Kier alpha value is -2.60. The Kier molecular flexibility index (Phi) is 4.46. The van der Waals surface area contributed by atoms with Crippen molar-refractivity contribution in [3.8, 4) is 5.75 Å². The van der Waals surface area contributed by atoms with Gasteiger partial charge in [0.2, 0.25) is 5.43 Å². The van der Waals surface area contributed by atoms with Crippen molar-refractivity contribution in [2.45, 2.75) is 64.5 Å². The van der Waals surface area contributed by atoms with Gasteiger partial charge in [-0.15, -0.1) is 0 Å². The van der Waals surface area contributed by atoms with Crippen molar-refractivity contribution in [1.29, 1.82) is 0 Å². The minimum absolute atomic E-state index is 0.0649. The topological polar surface area (TPSA) is 54.8 Å². The molecule has 5 rings (SSSR count). The number of hydrogen-bond acceptors (Lipinski definition) is 4. The average molecular weight is 393 g/mol. The Morgan fingerprint density at radius 3 is 2.59 bits per heavy atom. The molecule has 2 fully saturated rings. The number of pyridine rings is 1. The van der Waals surface area contributed by atoms with E-state index in [9.17, 15) is 9.59 Å². The van der Waals surface area contributed by atoms with Gasteiger partial charge in [0, 0.05) is 30.4 Å². The summed E-state index contributed by atoms with van der Waals surface area (Å²) < 4.78 is 7.93. The lowest BCUT2D eigenvalue weighted by atomic mass is 10.0. The first-order valence-electron chi connectivity index (χ1n) is 10.5. The van der Waals surface area contributed by atoms with Gasteiger partial charge in [-0.05, 0) is 38.7 Å². The minimum atomic E-state index is -0.192. The lowest BCUT2D eigenvalue weighted by Gasteiger charge is -2.50. The number of carbonyl (C=O) groups is 1. The third-order valence-corrected chi connectivity index (χ3v) is 6.44. The van der Waals surface area contributed by atoms with Crippen molar-refractivity contribution in [2.24, 2.45) is 0 Å². The van der Waals surface area contributed by atoms with Gasteiger partial charge in [0.15, 0.2) is 11.4 Å². The number of aromatic nitrogens is 1. The maximum absolute atomic E-state index is 13.6. The molecule has 3 heterocycles. The largest absolute Gasteiger partial charge is 0.483 e. The number of carbonyl (C=O) groups excluding carboxylic acids is 1. The number of fused-ring (bicyclic) bond motifs is 2. The van der Waals surface area contributed by atoms with E-state index >= 15 is 0 Å². The monoisotopic (exact) mass is 393 g/mol. The predicted molar refractivity (Wildman–Crippen MR) is 110 cm³/mol. The highest BCUT2D eigenvalue weighted by Crippen LogP contribution is 2.37. The summed E-state index contributed by atoms with van der Waals surface area (Å²) in [6.07, 6.45) is 5.29. The summed E-state index contributed by atoms with van der Waals surface area (Å²) in [5, 5.41) is 0. The van der Waals surface area contributed by atoms with Crippen LogP contribution in [0.4, 0.5) is 0 Å². The second-order valence-electron chi connectivity index (χ2n) is 8.55. The van der Waals surface area contributed by atoms with E-state index in [0.717, 1.165) is 18.5 Å². The molecule has 0 bridgehead atoms. The number of ether oxygens (including phenoxy) is 1. The Morgan fingerprint density at radius 1 is 1.10 bits per heavy atom. The van der Waals surface area contributed by atoms with Crippen LogP contribution in [0.25, 0.3) is 0 Å². The number of aryl methyl sites for hydroxylation is 1. The summed E-state index contributed by atoms with van der Waals surface area (Å²) in [5.74, 6) is 0.104. The Balaban J connectivity index is 1.54. The molecule has 152 valence electrons. The summed E-state index contributed by atoms with van der Waals surface area (Å²) in [6.45, 7) is 5.90. The van der Waals surface area contributed by atoms with Crippen LogP contribution in [0, 0.1) is 6.92 Å². The van der Waals surface area contributed by atoms with Crippen molar-refractivity contribution in [1.82, 2.24) is 14.4 Å².